The Kier molecular flexibility index (Phi) is 4.28. The number of hydrogen-bond donors (Lipinski definition) is 0. The number of carbonyl (C=O) groups is 1. The van der Waals surface area contributed by atoms with E-state index in [0.717, 1.165) is 43.9 Å². The van der Waals surface area contributed by atoms with Crippen LogP contribution < -0.4 is 0 Å². The summed E-state index contributed by atoms with van der Waals surface area (Å²) >= 11 is 0. The maximum atomic E-state index is 12.3. The highest BCUT2D eigenvalue weighted by molar-refractivity contribution is 5.76. The topological polar surface area (TPSA) is 63.9 Å². The van der Waals surface area contributed by atoms with Crippen molar-refractivity contribution in [2.45, 2.75) is 38.6 Å². The number of rotatable bonds is 5. The molecule has 2 aromatic heterocycles. The van der Waals surface area contributed by atoms with E-state index in [-0.39, 0.29) is 0 Å². The van der Waals surface area contributed by atoms with E-state index < -0.39 is 0 Å². The maximum Gasteiger partial charge on any atom is 0.222 e. The normalized spacial score (nSPS) is 21.0. The van der Waals surface area contributed by atoms with Crippen molar-refractivity contribution in [3.63, 3.8) is 0 Å². The molecular weight excluding hydrogens is 302 g/mol. The molecule has 6 heteroatoms. The summed E-state index contributed by atoms with van der Waals surface area (Å²) < 4.78 is 1.88. The van der Waals surface area contributed by atoms with E-state index in [1.165, 1.54) is 19.3 Å². The summed E-state index contributed by atoms with van der Waals surface area (Å²) in [6, 6.07) is 5.77. The molecule has 24 heavy (non-hydrogen) atoms. The third-order valence-electron chi connectivity index (χ3n) is 5.24. The van der Waals surface area contributed by atoms with E-state index in [9.17, 15) is 4.79 Å². The summed E-state index contributed by atoms with van der Waals surface area (Å²) in [6.45, 7) is 2.55. The van der Waals surface area contributed by atoms with Crippen LogP contribution >= 0.6 is 0 Å². The first-order valence-electron chi connectivity index (χ1n) is 8.87. The predicted molar refractivity (Wildman–Crippen MR) is 89.9 cm³/mol. The van der Waals surface area contributed by atoms with Gasteiger partial charge in [0.25, 0.3) is 0 Å². The Hall–Kier alpha value is -2.24. The van der Waals surface area contributed by atoms with Crippen molar-refractivity contribution in [1.29, 1.82) is 0 Å². The van der Waals surface area contributed by atoms with Gasteiger partial charge in [0.1, 0.15) is 5.69 Å². The van der Waals surface area contributed by atoms with Gasteiger partial charge in [-0.25, -0.2) is 0 Å². The largest absolute Gasteiger partial charge is 0.342 e. The zero-order valence-corrected chi connectivity index (χ0v) is 13.8. The SMILES string of the molecule is O=C(CC1CCC1)N1CCC(Cn2cc(-c3ccccn3)nn2)C1. The first-order chi connectivity index (χ1) is 11.8. The van der Waals surface area contributed by atoms with Gasteiger partial charge < -0.3 is 4.90 Å². The Morgan fingerprint density at radius 2 is 2.08 bits per heavy atom. The molecule has 0 spiro atoms. The van der Waals surface area contributed by atoms with Gasteiger partial charge in [0.2, 0.25) is 5.91 Å². The second-order valence-electron chi connectivity index (χ2n) is 7.04. The minimum Gasteiger partial charge on any atom is -0.342 e. The lowest BCUT2D eigenvalue weighted by Crippen LogP contribution is -2.32. The minimum atomic E-state index is 0.343. The van der Waals surface area contributed by atoms with E-state index >= 15 is 0 Å². The van der Waals surface area contributed by atoms with Gasteiger partial charge in [-0.3, -0.25) is 14.5 Å². The van der Waals surface area contributed by atoms with E-state index in [4.69, 9.17) is 0 Å². The van der Waals surface area contributed by atoms with Crippen LogP contribution in [0.5, 0.6) is 0 Å². The van der Waals surface area contributed by atoms with Crippen LogP contribution in [0.2, 0.25) is 0 Å². The molecule has 1 aliphatic heterocycles. The molecule has 6 nitrogen and oxygen atoms in total. The quantitative estimate of drug-likeness (QED) is 0.846. The summed E-state index contributed by atoms with van der Waals surface area (Å²) in [5, 5.41) is 8.43. The summed E-state index contributed by atoms with van der Waals surface area (Å²) in [5.41, 5.74) is 1.64. The van der Waals surface area contributed by atoms with Gasteiger partial charge in [-0.2, -0.15) is 0 Å². The van der Waals surface area contributed by atoms with Crippen LogP contribution in [0.1, 0.15) is 32.1 Å². The molecule has 0 aromatic carbocycles. The van der Waals surface area contributed by atoms with Gasteiger partial charge in [-0.1, -0.05) is 17.7 Å². The third-order valence-corrected chi connectivity index (χ3v) is 5.24. The van der Waals surface area contributed by atoms with Crippen molar-refractivity contribution < 1.29 is 4.79 Å². The maximum absolute atomic E-state index is 12.3. The molecular formula is C18H23N5O. The van der Waals surface area contributed by atoms with E-state index in [0.29, 0.717) is 17.7 Å². The van der Waals surface area contributed by atoms with Gasteiger partial charge in [0.05, 0.1) is 11.9 Å². The van der Waals surface area contributed by atoms with Gasteiger partial charge in [0, 0.05) is 32.3 Å². The molecule has 1 aliphatic carbocycles. The molecule has 1 saturated heterocycles. The van der Waals surface area contributed by atoms with Crippen molar-refractivity contribution in [3.05, 3.63) is 30.6 Å². The molecule has 2 aliphatic rings. The Labute approximate surface area is 141 Å². The fourth-order valence-corrected chi connectivity index (χ4v) is 3.56. The van der Waals surface area contributed by atoms with Gasteiger partial charge >= 0.3 is 0 Å². The molecule has 1 atom stereocenters. The summed E-state index contributed by atoms with van der Waals surface area (Å²) in [4.78, 5) is 18.7. The fraction of sp³-hybridized carbons (Fsp3) is 0.556. The Balaban J connectivity index is 1.32. The highest BCUT2D eigenvalue weighted by Crippen LogP contribution is 2.31. The van der Waals surface area contributed by atoms with Crippen LogP contribution in [0.3, 0.4) is 0 Å². The van der Waals surface area contributed by atoms with E-state index in [2.05, 4.69) is 15.3 Å². The Morgan fingerprint density at radius 3 is 2.83 bits per heavy atom. The zero-order chi connectivity index (χ0) is 16.4. The number of amides is 1. The first-order valence-corrected chi connectivity index (χ1v) is 8.87. The van der Waals surface area contributed by atoms with Crippen LogP contribution in [0.15, 0.2) is 30.6 Å². The summed E-state index contributed by atoms with van der Waals surface area (Å²) in [7, 11) is 0. The summed E-state index contributed by atoms with van der Waals surface area (Å²) in [6.07, 6.45) is 9.27. The molecule has 0 bridgehead atoms. The predicted octanol–water partition coefficient (Wildman–Crippen LogP) is 2.38. The molecule has 3 heterocycles. The minimum absolute atomic E-state index is 0.343. The number of carbonyl (C=O) groups excluding carboxylic acids is 1. The third kappa shape index (κ3) is 3.32. The first kappa shape index (κ1) is 15.3. The van der Waals surface area contributed by atoms with Crippen LogP contribution in [0.25, 0.3) is 11.4 Å². The Bertz CT molecular complexity index is 694. The second kappa shape index (κ2) is 6.71. The van der Waals surface area contributed by atoms with E-state index in [1.807, 2.05) is 34.0 Å². The lowest BCUT2D eigenvalue weighted by molar-refractivity contribution is -0.131. The van der Waals surface area contributed by atoms with Gasteiger partial charge in [-0.15, -0.1) is 5.10 Å². The van der Waals surface area contributed by atoms with Crippen molar-refractivity contribution >= 4 is 5.91 Å². The average Bonchev–Trinajstić information content (AvgIpc) is 3.22. The average molecular weight is 325 g/mol. The lowest BCUT2D eigenvalue weighted by Gasteiger charge is -2.27. The molecule has 1 saturated carbocycles. The highest BCUT2D eigenvalue weighted by atomic mass is 16.2. The molecule has 1 unspecified atom stereocenters. The smallest absolute Gasteiger partial charge is 0.222 e. The van der Waals surface area contributed by atoms with Crippen LogP contribution in [0.4, 0.5) is 0 Å². The highest BCUT2D eigenvalue weighted by Gasteiger charge is 2.29. The number of nitrogens with zero attached hydrogens (tertiary/aromatic N) is 5. The molecule has 4 rings (SSSR count). The number of pyridine rings is 1. The number of hydrogen-bond acceptors (Lipinski definition) is 4. The molecule has 126 valence electrons. The lowest BCUT2D eigenvalue weighted by atomic mass is 9.83. The second-order valence-corrected chi connectivity index (χ2v) is 7.04. The molecule has 0 radical (unpaired) electrons. The molecule has 1 amide bonds. The molecule has 2 fully saturated rings. The van der Waals surface area contributed by atoms with Crippen LogP contribution in [-0.4, -0.2) is 43.9 Å². The summed E-state index contributed by atoms with van der Waals surface area (Å²) in [5.74, 6) is 1.45. The van der Waals surface area contributed by atoms with Crippen LogP contribution in [-0.2, 0) is 11.3 Å². The monoisotopic (exact) mass is 325 g/mol. The van der Waals surface area contributed by atoms with Crippen molar-refractivity contribution in [1.82, 2.24) is 24.9 Å². The fourth-order valence-electron chi connectivity index (χ4n) is 3.56. The van der Waals surface area contributed by atoms with E-state index in [1.54, 1.807) is 6.20 Å². The number of aromatic nitrogens is 4. The van der Waals surface area contributed by atoms with Crippen molar-refractivity contribution in [3.8, 4) is 11.4 Å². The van der Waals surface area contributed by atoms with Gasteiger partial charge in [0.15, 0.2) is 0 Å². The Morgan fingerprint density at radius 1 is 1.17 bits per heavy atom. The van der Waals surface area contributed by atoms with Crippen LogP contribution in [0, 0.1) is 11.8 Å². The van der Waals surface area contributed by atoms with Crippen molar-refractivity contribution in [2.24, 2.45) is 11.8 Å². The molecule has 2 aromatic rings. The number of likely N-dealkylation sites (tertiary alicyclic amines) is 1. The van der Waals surface area contributed by atoms with Gasteiger partial charge in [-0.05, 0) is 43.2 Å². The molecule has 0 N–H and O–H groups in total. The zero-order valence-electron chi connectivity index (χ0n) is 13.8. The van der Waals surface area contributed by atoms with Crippen molar-refractivity contribution in [2.75, 3.05) is 13.1 Å². The standard InChI is InChI=1S/C18H23N5O/c24-18(10-14-4-3-5-14)22-9-7-15(11-22)12-23-13-17(20-21-23)16-6-1-2-8-19-16/h1-2,6,8,13-15H,3-5,7,9-12H2.